The molecule has 0 radical (unpaired) electrons. The van der Waals surface area contributed by atoms with E-state index < -0.39 is 0 Å². The Morgan fingerprint density at radius 3 is 1.15 bits per heavy atom. The van der Waals surface area contributed by atoms with Crippen LogP contribution in [-0.2, 0) is 58.0 Å². The average Bonchev–Trinajstić information content (AvgIpc) is 3.73. The molecule has 4 nitrogen and oxygen atoms in total. The van der Waals surface area contributed by atoms with Gasteiger partial charge in [-0.05, 0) is 109 Å². The van der Waals surface area contributed by atoms with Crippen LogP contribution in [0.15, 0.2) is 12.1 Å². The molecule has 212 valence electrons. The first-order valence-corrected chi connectivity index (χ1v) is 15.7. The minimum atomic E-state index is 0. The maximum absolute atomic E-state index is 5.58. The van der Waals surface area contributed by atoms with E-state index >= 15 is 0 Å². The molecule has 5 heteroatoms. The summed E-state index contributed by atoms with van der Waals surface area (Å²) in [7, 11) is 0. The Morgan fingerprint density at radius 2 is 0.829 bits per heavy atom. The number of fused-ring (bicyclic) bond motifs is 8. The molecule has 0 spiro atoms. The van der Waals surface area contributed by atoms with E-state index in [1.807, 2.05) is 0 Å². The molecule has 0 aliphatic carbocycles. The topological polar surface area (TPSA) is 57.4 Å². The van der Waals surface area contributed by atoms with Crippen LogP contribution in [-0.4, -0.2) is 19.9 Å². The number of H-pyrrole nitrogens is 2. The van der Waals surface area contributed by atoms with Crippen LogP contribution >= 0.6 is 0 Å². The Hall–Kier alpha value is -2.78. The molecule has 8 bridgehead atoms. The molecule has 0 aromatic carbocycles. The van der Waals surface area contributed by atoms with Gasteiger partial charge in [-0.3, -0.25) is 0 Å². The van der Waals surface area contributed by atoms with E-state index in [9.17, 15) is 0 Å². The number of hydrogen-bond acceptors (Lipinski definition) is 2. The van der Waals surface area contributed by atoms with E-state index in [2.05, 4.69) is 89.6 Å². The van der Waals surface area contributed by atoms with Gasteiger partial charge in [0.05, 0.1) is 22.8 Å². The monoisotopic (exact) mass is 598 g/mol. The van der Waals surface area contributed by atoms with Crippen LogP contribution in [0.1, 0.15) is 124 Å². The summed E-state index contributed by atoms with van der Waals surface area (Å²) in [5.41, 5.74) is 20.4. The largest absolute Gasteiger partial charge is 0.355 e. The molecular formula is C36H46N4Zn. The van der Waals surface area contributed by atoms with Gasteiger partial charge in [0.15, 0.2) is 0 Å². The van der Waals surface area contributed by atoms with Gasteiger partial charge in [-0.25, -0.2) is 9.97 Å². The summed E-state index contributed by atoms with van der Waals surface area (Å²) in [5.74, 6) is 0. The Bertz CT molecular complexity index is 1560. The van der Waals surface area contributed by atoms with Crippen molar-refractivity contribution in [2.75, 3.05) is 0 Å². The van der Waals surface area contributed by atoms with Crippen LogP contribution in [0.25, 0.3) is 45.4 Å². The molecule has 0 saturated heterocycles. The minimum Gasteiger partial charge on any atom is -0.355 e. The van der Waals surface area contributed by atoms with Crippen molar-refractivity contribution < 1.29 is 19.5 Å². The second-order valence-corrected chi connectivity index (χ2v) is 10.9. The van der Waals surface area contributed by atoms with Crippen LogP contribution in [0.4, 0.5) is 0 Å². The summed E-state index contributed by atoms with van der Waals surface area (Å²) in [6.45, 7) is 18.3. The smallest absolute Gasteiger partial charge is 0.0725 e. The zero-order chi connectivity index (χ0) is 28.6. The van der Waals surface area contributed by atoms with Gasteiger partial charge < -0.3 is 9.97 Å². The number of aromatic amines is 2. The Labute approximate surface area is 259 Å². The van der Waals surface area contributed by atoms with Crippen molar-refractivity contribution >= 4 is 45.4 Å². The zero-order valence-corrected chi connectivity index (χ0v) is 29.5. The van der Waals surface area contributed by atoms with Crippen molar-refractivity contribution in [2.45, 2.75) is 107 Å². The maximum atomic E-state index is 5.58. The number of hydrogen-bond donors (Lipinski definition) is 2. The van der Waals surface area contributed by atoms with Crippen molar-refractivity contribution in [3.8, 4) is 0 Å². The van der Waals surface area contributed by atoms with Gasteiger partial charge in [0, 0.05) is 52.7 Å². The first-order chi connectivity index (χ1) is 19.5. The Kier molecular flexibility index (Phi) is 9.90. The first kappa shape index (κ1) is 31.2. The van der Waals surface area contributed by atoms with Crippen molar-refractivity contribution in [1.29, 1.82) is 0 Å². The fourth-order valence-electron chi connectivity index (χ4n) is 7.12. The van der Waals surface area contributed by atoms with Crippen molar-refractivity contribution in [1.82, 2.24) is 19.9 Å². The molecule has 5 rings (SSSR count). The third-order valence-corrected chi connectivity index (χ3v) is 8.93. The van der Waals surface area contributed by atoms with Crippen LogP contribution in [0.5, 0.6) is 0 Å². The van der Waals surface area contributed by atoms with E-state index in [0.717, 1.165) is 62.8 Å². The van der Waals surface area contributed by atoms with Crippen LogP contribution < -0.4 is 0 Å². The quantitative estimate of drug-likeness (QED) is 0.198. The molecule has 3 aromatic rings. The molecule has 0 unspecified atom stereocenters. The van der Waals surface area contributed by atoms with E-state index in [1.54, 1.807) is 0 Å². The SMILES string of the molecule is CCC1=C(CC)c2nc1c(CC)c1[nH]c(cc3nc(cc4[nH]c(c2CC)c(CC)c4CC)C=C3)c(CC)c1CC.[Zn]. The standard InChI is InChI=1S/C36H46N4.Zn/c1-9-23-25(11-3)33-29(15-7)35-27(13-5)28(14-6)36(40-35)30(16-8)34-26(12-4)24(10-2)32(39-34)20-22-18-17-21(37-22)19-31(23)38-33;/h17-20,38-39H,9-16H2,1-8H3;. The summed E-state index contributed by atoms with van der Waals surface area (Å²) in [4.78, 5) is 18.4. The second kappa shape index (κ2) is 13.0. The van der Waals surface area contributed by atoms with Gasteiger partial charge in [-0.15, -0.1) is 0 Å². The molecule has 2 aliphatic heterocycles. The summed E-state index contributed by atoms with van der Waals surface area (Å²) < 4.78 is 0. The maximum Gasteiger partial charge on any atom is 0.0725 e. The van der Waals surface area contributed by atoms with Gasteiger partial charge >= 0.3 is 0 Å². The van der Waals surface area contributed by atoms with Gasteiger partial charge in [-0.1, -0.05) is 55.4 Å². The molecule has 2 N–H and O–H groups in total. The van der Waals surface area contributed by atoms with E-state index in [0.29, 0.717) is 0 Å². The molecule has 0 fully saturated rings. The second-order valence-electron chi connectivity index (χ2n) is 10.9. The summed E-state index contributed by atoms with van der Waals surface area (Å²) in [6, 6.07) is 4.47. The normalized spacial score (nSPS) is 12.8. The average molecular weight is 600 g/mol. The predicted octanol–water partition coefficient (Wildman–Crippen LogP) is 9.59. The van der Waals surface area contributed by atoms with Gasteiger partial charge in [-0.2, -0.15) is 0 Å². The number of allylic oxidation sites excluding steroid dienone is 2. The van der Waals surface area contributed by atoms with Gasteiger partial charge in [0.2, 0.25) is 0 Å². The van der Waals surface area contributed by atoms with Crippen LogP contribution in [0.2, 0.25) is 0 Å². The number of rotatable bonds is 8. The number of nitrogens with one attached hydrogen (secondary N) is 2. The first-order valence-electron chi connectivity index (χ1n) is 15.7. The van der Waals surface area contributed by atoms with Gasteiger partial charge in [0.1, 0.15) is 0 Å². The third-order valence-electron chi connectivity index (χ3n) is 8.93. The molecule has 2 aliphatic rings. The summed E-state index contributed by atoms with van der Waals surface area (Å²) in [6.07, 6.45) is 12.1. The minimum absolute atomic E-state index is 0. The van der Waals surface area contributed by atoms with Crippen molar-refractivity contribution in [2.24, 2.45) is 0 Å². The number of aromatic nitrogens is 4. The fourth-order valence-corrected chi connectivity index (χ4v) is 7.12. The third kappa shape index (κ3) is 5.20. The predicted molar refractivity (Wildman–Crippen MR) is 174 cm³/mol. The summed E-state index contributed by atoms with van der Waals surface area (Å²) >= 11 is 0. The molecule has 41 heavy (non-hydrogen) atoms. The molecule has 3 aromatic heterocycles. The number of aryl methyl sites for hydroxylation is 6. The zero-order valence-electron chi connectivity index (χ0n) is 26.6. The molecule has 5 heterocycles. The van der Waals surface area contributed by atoms with Crippen molar-refractivity contribution in [3.05, 3.63) is 68.3 Å². The van der Waals surface area contributed by atoms with Crippen LogP contribution in [0, 0.1) is 0 Å². The molecule has 0 amide bonds. The van der Waals surface area contributed by atoms with E-state index in [4.69, 9.17) is 9.97 Å². The fraction of sp³-hybridized carbons (Fsp3) is 0.444. The molecule has 0 atom stereocenters. The van der Waals surface area contributed by atoms with E-state index in [1.165, 1.54) is 78.0 Å². The van der Waals surface area contributed by atoms with Crippen molar-refractivity contribution in [3.63, 3.8) is 0 Å². The number of nitrogens with zero attached hydrogens (tertiary/aromatic N) is 2. The van der Waals surface area contributed by atoms with Gasteiger partial charge in [0.25, 0.3) is 0 Å². The van der Waals surface area contributed by atoms with Crippen LogP contribution in [0.3, 0.4) is 0 Å². The molecule has 0 saturated carbocycles. The Morgan fingerprint density at radius 1 is 0.463 bits per heavy atom. The Balaban J connectivity index is 0.00000387. The molecular weight excluding hydrogens is 554 g/mol. The summed E-state index contributed by atoms with van der Waals surface area (Å²) in [5, 5.41) is 0. The van der Waals surface area contributed by atoms with E-state index in [-0.39, 0.29) is 19.5 Å².